The molecule has 2 aromatic carbocycles. The van der Waals surface area contributed by atoms with Gasteiger partial charge in [0.25, 0.3) is 0 Å². The van der Waals surface area contributed by atoms with Gasteiger partial charge in [0.05, 0.1) is 14.2 Å². The summed E-state index contributed by atoms with van der Waals surface area (Å²) in [6, 6.07) is 7.50. The molecule has 0 radical (unpaired) electrons. The van der Waals surface area contributed by atoms with Crippen LogP contribution in [0.1, 0.15) is 11.1 Å². The molecule has 0 aliphatic heterocycles. The van der Waals surface area contributed by atoms with Crippen molar-refractivity contribution in [3.05, 3.63) is 59.2 Å². The second-order valence-electron chi connectivity index (χ2n) is 5.41. The Morgan fingerprint density at radius 3 is 1.56 bits per heavy atom. The number of hydrogen-bond acceptors (Lipinski definition) is 6. The lowest BCUT2D eigenvalue weighted by molar-refractivity contribution is -0.143. The molecule has 0 fully saturated rings. The average Bonchev–Trinajstić information content (AvgIpc) is 2.66. The Balaban J connectivity index is 2.27. The molecule has 0 unspecified atom stereocenters. The number of carbonyl (C=O) groups excluding carboxylic acids is 2. The van der Waals surface area contributed by atoms with E-state index in [1.165, 1.54) is 50.6 Å². The van der Waals surface area contributed by atoms with E-state index >= 15 is 0 Å². The summed E-state index contributed by atoms with van der Waals surface area (Å²) >= 11 is 0. The minimum Gasteiger partial charge on any atom is -0.482 e. The van der Waals surface area contributed by atoms with Crippen molar-refractivity contribution in [3.63, 3.8) is 0 Å². The topological polar surface area (TPSA) is 71.1 Å². The third kappa shape index (κ3) is 5.95. The molecule has 27 heavy (non-hydrogen) atoms. The minimum atomic E-state index is -0.599. The van der Waals surface area contributed by atoms with Crippen LogP contribution < -0.4 is 9.47 Å². The molecule has 0 heterocycles. The number of rotatable bonds is 8. The predicted molar refractivity (Wildman–Crippen MR) is 90.6 cm³/mol. The Morgan fingerprint density at radius 2 is 1.19 bits per heavy atom. The van der Waals surface area contributed by atoms with Crippen LogP contribution in [0.4, 0.5) is 8.78 Å². The van der Waals surface area contributed by atoms with Crippen LogP contribution in [0.2, 0.25) is 0 Å². The summed E-state index contributed by atoms with van der Waals surface area (Å²) in [4.78, 5) is 22.5. The average molecular weight is 380 g/mol. The van der Waals surface area contributed by atoms with Crippen molar-refractivity contribution < 1.29 is 37.3 Å². The van der Waals surface area contributed by atoms with Gasteiger partial charge in [-0.2, -0.15) is 0 Å². The highest BCUT2D eigenvalue weighted by atomic mass is 19.1. The zero-order valence-electron chi connectivity index (χ0n) is 14.8. The third-order valence-electron chi connectivity index (χ3n) is 3.57. The molecular weight excluding hydrogens is 362 g/mol. The van der Waals surface area contributed by atoms with E-state index < -0.39 is 23.6 Å². The van der Waals surface area contributed by atoms with Gasteiger partial charge in [0.1, 0.15) is 23.1 Å². The number of halogens is 2. The highest BCUT2D eigenvalue weighted by Gasteiger charge is 2.14. The fourth-order valence-electron chi connectivity index (χ4n) is 2.25. The van der Waals surface area contributed by atoms with Crippen molar-refractivity contribution in [1.82, 2.24) is 0 Å². The lowest BCUT2D eigenvalue weighted by Gasteiger charge is -2.14. The molecule has 0 saturated heterocycles. The number of benzene rings is 2. The number of carbonyl (C=O) groups is 2. The molecule has 0 N–H and O–H groups in total. The van der Waals surface area contributed by atoms with Gasteiger partial charge in [0.2, 0.25) is 0 Å². The first-order chi connectivity index (χ1) is 12.9. The maximum absolute atomic E-state index is 13.7. The van der Waals surface area contributed by atoms with Crippen LogP contribution in [0.3, 0.4) is 0 Å². The van der Waals surface area contributed by atoms with Crippen LogP contribution in [0.25, 0.3) is 0 Å². The van der Waals surface area contributed by atoms with Crippen molar-refractivity contribution in [3.8, 4) is 11.5 Å². The van der Waals surface area contributed by atoms with E-state index in [1.807, 2.05) is 0 Å². The maximum Gasteiger partial charge on any atom is 0.343 e. The third-order valence-corrected chi connectivity index (χ3v) is 3.57. The highest BCUT2D eigenvalue weighted by Crippen LogP contribution is 2.28. The van der Waals surface area contributed by atoms with Gasteiger partial charge < -0.3 is 18.9 Å². The Morgan fingerprint density at radius 1 is 0.778 bits per heavy atom. The number of methoxy groups -OCH3 is 2. The van der Waals surface area contributed by atoms with Crippen LogP contribution in [0, 0.1) is 11.6 Å². The first-order valence-corrected chi connectivity index (χ1v) is 7.89. The smallest absolute Gasteiger partial charge is 0.343 e. The number of hydrogen-bond donors (Lipinski definition) is 0. The van der Waals surface area contributed by atoms with Gasteiger partial charge in [-0.3, -0.25) is 0 Å². The van der Waals surface area contributed by atoms with Crippen LogP contribution >= 0.6 is 0 Å². The summed E-state index contributed by atoms with van der Waals surface area (Å²) in [5, 5.41) is 0. The zero-order chi connectivity index (χ0) is 19.8. The summed E-state index contributed by atoms with van der Waals surface area (Å²) in [5.74, 6) is -1.76. The summed E-state index contributed by atoms with van der Waals surface area (Å²) in [5.41, 5.74) is 0.736. The number of esters is 2. The SMILES string of the molecule is COC(=O)COc1ccc(F)cc1Cc1cc(F)ccc1OCC(=O)OC. The fraction of sp³-hybridized carbons (Fsp3) is 0.263. The molecule has 0 spiro atoms. The van der Waals surface area contributed by atoms with Gasteiger partial charge in [-0.05, 0) is 36.4 Å². The lowest BCUT2D eigenvalue weighted by atomic mass is 10.0. The monoisotopic (exact) mass is 380 g/mol. The van der Waals surface area contributed by atoms with Gasteiger partial charge in [-0.25, -0.2) is 18.4 Å². The molecular formula is C19H18F2O6. The molecule has 144 valence electrons. The Labute approximate surface area is 154 Å². The summed E-state index contributed by atoms with van der Waals surface area (Å²) < 4.78 is 47.1. The van der Waals surface area contributed by atoms with Gasteiger partial charge in [-0.1, -0.05) is 0 Å². The van der Waals surface area contributed by atoms with Crippen LogP contribution in [-0.4, -0.2) is 39.4 Å². The zero-order valence-corrected chi connectivity index (χ0v) is 14.8. The van der Waals surface area contributed by atoms with E-state index in [0.29, 0.717) is 11.1 Å². The van der Waals surface area contributed by atoms with Crippen molar-refractivity contribution in [2.75, 3.05) is 27.4 Å². The van der Waals surface area contributed by atoms with Crippen LogP contribution in [0.5, 0.6) is 11.5 Å². The van der Waals surface area contributed by atoms with E-state index in [1.54, 1.807) is 0 Å². The first kappa shape index (κ1) is 20.2. The highest BCUT2D eigenvalue weighted by molar-refractivity contribution is 5.71. The Kier molecular flexibility index (Phi) is 7.10. The molecule has 2 rings (SSSR count). The van der Waals surface area contributed by atoms with Gasteiger partial charge in [0.15, 0.2) is 13.2 Å². The molecule has 2 aromatic rings. The molecule has 8 heteroatoms. The van der Waals surface area contributed by atoms with Crippen LogP contribution in [-0.2, 0) is 25.5 Å². The Hall–Kier alpha value is -3.16. The van der Waals surface area contributed by atoms with Crippen LogP contribution in [0.15, 0.2) is 36.4 Å². The van der Waals surface area contributed by atoms with E-state index in [0.717, 1.165) is 0 Å². The molecule has 0 atom stereocenters. The summed E-state index contributed by atoms with van der Waals surface area (Å²) in [7, 11) is 2.43. The standard InChI is InChI=1S/C19H18F2O6/c1-24-18(22)10-26-16-5-3-14(20)8-12(16)7-13-9-15(21)4-6-17(13)27-11-19(23)25-2/h3-6,8-9H,7,10-11H2,1-2H3. The largest absolute Gasteiger partial charge is 0.482 e. The second kappa shape index (κ2) is 9.51. The summed E-state index contributed by atoms with van der Waals surface area (Å²) in [6.45, 7) is -0.714. The van der Waals surface area contributed by atoms with Crippen molar-refractivity contribution in [2.24, 2.45) is 0 Å². The molecule has 0 aliphatic rings. The maximum atomic E-state index is 13.7. The quantitative estimate of drug-likeness (QED) is 0.656. The minimum absolute atomic E-state index is 0.0442. The normalized spacial score (nSPS) is 10.2. The van der Waals surface area contributed by atoms with Gasteiger partial charge in [-0.15, -0.1) is 0 Å². The van der Waals surface area contributed by atoms with Crippen molar-refractivity contribution in [2.45, 2.75) is 6.42 Å². The van der Waals surface area contributed by atoms with Gasteiger partial charge in [0, 0.05) is 17.5 Å². The lowest BCUT2D eigenvalue weighted by Crippen LogP contribution is -2.14. The second-order valence-corrected chi connectivity index (χ2v) is 5.41. The van der Waals surface area contributed by atoms with E-state index in [4.69, 9.17) is 9.47 Å². The predicted octanol–water partition coefficient (Wildman–Crippen LogP) is 2.66. The molecule has 0 bridgehead atoms. The van der Waals surface area contributed by atoms with Gasteiger partial charge >= 0.3 is 11.9 Å². The molecule has 6 nitrogen and oxygen atoms in total. The summed E-state index contributed by atoms with van der Waals surface area (Å²) in [6.07, 6.45) is 0.0442. The number of ether oxygens (including phenoxy) is 4. The first-order valence-electron chi connectivity index (χ1n) is 7.89. The molecule has 0 amide bonds. The molecule has 0 saturated carbocycles. The van der Waals surface area contributed by atoms with Crippen molar-refractivity contribution in [1.29, 1.82) is 0 Å². The Bertz CT molecular complexity index is 754. The van der Waals surface area contributed by atoms with E-state index in [2.05, 4.69) is 9.47 Å². The molecule has 0 aromatic heterocycles. The van der Waals surface area contributed by atoms with E-state index in [9.17, 15) is 18.4 Å². The van der Waals surface area contributed by atoms with Crippen molar-refractivity contribution >= 4 is 11.9 Å². The fourth-order valence-corrected chi connectivity index (χ4v) is 2.25. The van der Waals surface area contributed by atoms with E-state index in [-0.39, 0.29) is 31.1 Å². The molecule has 0 aliphatic carbocycles.